The van der Waals surface area contributed by atoms with Crippen molar-refractivity contribution >= 4 is 63.1 Å². The lowest BCUT2D eigenvalue weighted by atomic mass is 9.96. The number of fused-ring (bicyclic) bond motifs is 1. The molecule has 0 unspecified atom stereocenters. The van der Waals surface area contributed by atoms with E-state index in [4.69, 9.17) is 14.7 Å². The molecule has 260 valence electrons. The molecule has 49 heavy (non-hydrogen) atoms. The number of hydrogen-bond acceptors (Lipinski definition) is 12. The molecule has 0 saturated carbocycles. The molecule has 0 radical (unpaired) electrons. The third-order valence-electron chi connectivity index (χ3n) is 9.78. The first-order valence-electron chi connectivity index (χ1n) is 17.1. The number of piperidine rings is 1. The normalized spacial score (nSPS) is 16.3. The van der Waals surface area contributed by atoms with E-state index >= 15 is 0 Å². The number of nitrogens with zero attached hydrogens (tertiary/aromatic N) is 8. The van der Waals surface area contributed by atoms with Crippen LogP contribution in [0.2, 0.25) is 0 Å². The minimum atomic E-state index is 0.323. The summed E-state index contributed by atoms with van der Waals surface area (Å²) in [5.74, 6) is 2.19. The maximum atomic E-state index is 5.99. The van der Waals surface area contributed by atoms with Crippen LogP contribution in [0.5, 0.6) is 5.75 Å². The fourth-order valence-electron chi connectivity index (χ4n) is 6.88. The van der Waals surface area contributed by atoms with Crippen LogP contribution in [-0.4, -0.2) is 103 Å². The van der Waals surface area contributed by atoms with Crippen molar-refractivity contribution in [2.45, 2.75) is 45.6 Å². The zero-order chi connectivity index (χ0) is 34.7. The number of aromatic nitrogens is 4. The summed E-state index contributed by atoms with van der Waals surface area (Å²) in [7, 11) is 5.97. The summed E-state index contributed by atoms with van der Waals surface area (Å²) < 4.78 is 8.06. The Morgan fingerprint density at radius 3 is 2.41 bits per heavy atom. The van der Waals surface area contributed by atoms with E-state index in [1.54, 1.807) is 31.5 Å². The van der Waals surface area contributed by atoms with E-state index in [-0.39, 0.29) is 0 Å². The quantitative estimate of drug-likeness (QED) is 0.159. The van der Waals surface area contributed by atoms with Crippen LogP contribution in [0, 0.1) is 0 Å². The number of likely N-dealkylation sites (N-methyl/N-ethyl adjacent to an activating group) is 1. The predicted molar refractivity (Wildman–Crippen MR) is 206 cm³/mol. The third kappa shape index (κ3) is 7.56. The Bertz CT molecular complexity index is 1780. The molecule has 11 nitrogen and oxygen atoms in total. The summed E-state index contributed by atoms with van der Waals surface area (Å²) in [4.78, 5) is 26.5. The van der Waals surface area contributed by atoms with Crippen LogP contribution in [0.25, 0.3) is 16.6 Å². The van der Waals surface area contributed by atoms with E-state index < -0.39 is 0 Å². The standard InChI is InChI=1S/C37H50N10OS/c1-24(2)27-21-31(33(48-7)22-32(27)47-15-11-26(12-16-47)46-19-17-44(5)18-20-46)42-37-40-23-28(25(3)4)36(43-37)41-30-10-9-29-34(39-14-13-38-29)35(30)45(6)49-8/h9-10,13-14,21-24,26H,3,11-12,15-20H2,1-2,4-8H3,(H2,40,41,42,43). The molecule has 0 aliphatic carbocycles. The molecule has 2 saturated heterocycles. The Labute approximate surface area is 295 Å². The predicted octanol–water partition coefficient (Wildman–Crippen LogP) is 7.00. The number of rotatable bonds is 11. The highest BCUT2D eigenvalue weighted by molar-refractivity contribution is 7.99. The number of anilines is 6. The van der Waals surface area contributed by atoms with Gasteiger partial charge in [-0.25, -0.2) is 4.98 Å². The lowest BCUT2D eigenvalue weighted by molar-refractivity contribution is 0.0982. The SMILES string of the molecule is C=C(C)c1cnc(Nc2cc(C(C)C)c(N3CCC(N4CCN(C)CC4)CC3)cc2OC)nc1Nc1ccc2nccnc2c1N(C)SC. The zero-order valence-corrected chi connectivity index (χ0v) is 30.8. The zero-order valence-electron chi connectivity index (χ0n) is 30.0. The molecule has 2 fully saturated rings. The first-order valence-corrected chi connectivity index (χ1v) is 18.3. The van der Waals surface area contributed by atoms with Gasteiger partial charge in [-0.15, -0.1) is 0 Å². The van der Waals surface area contributed by atoms with Gasteiger partial charge in [-0.2, -0.15) is 4.98 Å². The van der Waals surface area contributed by atoms with E-state index in [0.717, 1.165) is 71.2 Å². The lowest BCUT2D eigenvalue weighted by Gasteiger charge is -2.43. The molecule has 0 atom stereocenters. The van der Waals surface area contributed by atoms with Crippen LogP contribution in [0.15, 0.2) is 49.4 Å². The smallest absolute Gasteiger partial charge is 0.229 e. The van der Waals surface area contributed by atoms with Gasteiger partial charge in [-0.05, 0) is 62.1 Å². The van der Waals surface area contributed by atoms with E-state index in [1.165, 1.54) is 37.2 Å². The molecule has 0 spiro atoms. The maximum absolute atomic E-state index is 5.99. The summed E-state index contributed by atoms with van der Waals surface area (Å²) in [5, 5.41) is 7.07. The van der Waals surface area contributed by atoms with Gasteiger partial charge >= 0.3 is 0 Å². The van der Waals surface area contributed by atoms with Crippen molar-refractivity contribution in [3.63, 3.8) is 0 Å². The largest absolute Gasteiger partial charge is 0.494 e. The minimum absolute atomic E-state index is 0.323. The molecule has 0 amide bonds. The van der Waals surface area contributed by atoms with Crippen LogP contribution in [0.1, 0.15) is 50.7 Å². The van der Waals surface area contributed by atoms with Crippen molar-refractivity contribution in [2.75, 3.05) is 86.6 Å². The van der Waals surface area contributed by atoms with Crippen molar-refractivity contribution in [1.82, 2.24) is 29.7 Å². The number of ether oxygens (including phenoxy) is 1. The van der Waals surface area contributed by atoms with Gasteiger partial charge in [0.1, 0.15) is 17.1 Å². The van der Waals surface area contributed by atoms with Crippen molar-refractivity contribution in [3.05, 3.63) is 60.6 Å². The number of allylic oxidation sites excluding steroid dienone is 1. The molecule has 2 N–H and O–H groups in total. The van der Waals surface area contributed by atoms with E-state index in [9.17, 15) is 0 Å². The van der Waals surface area contributed by atoms with Crippen LogP contribution >= 0.6 is 11.9 Å². The summed E-state index contributed by atoms with van der Waals surface area (Å²) in [5.41, 5.74) is 8.46. The van der Waals surface area contributed by atoms with Gasteiger partial charge in [0.2, 0.25) is 5.95 Å². The molecule has 2 aliphatic rings. The molecule has 4 aromatic rings. The van der Waals surface area contributed by atoms with Gasteiger partial charge in [-0.1, -0.05) is 32.4 Å². The van der Waals surface area contributed by atoms with Crippen molar-refractivity contribution < 1.29 is 4.74 Å². The van der Waals surface area contributed by atoms with Crippen LogP contribution in [0.3, 0.4) is 0 Å². The highest BCUT2D eigenvalue weighted by Gasteiger charge is 2.29. The average molecular weight is 683 g/mol. The molecule has 6 rings (SSSR count). The van der Waals surface area contributed by atoms with Crippen LogP contribution in [0.4, 0.5) is 34.5 Å². The topological polar surface area (TPSA) is 97.8 Å². The Kier molecular flexibility index (Phi) is 10.8. The maximum Gasteiger partial charge on any atom is 0.229 e. The Morgan fingerprint density at radius 1 is 1.00 bits per heavy atom. The number of nitrogens with one attached hydrogen (secondary N) is 2. The summed E-state index contributed by atoms with van der Waals surface area (Å²) in [6, 6.07) is 9.05. The van der Waals surface area contributed by atoms with E-state index in [2.05, 4.69) is 79.2 Å². The first kappa shape index (κ1) is 34.7. The molecule has 2 aliphatic heterocycles. The highest BCUT2D eigenvalue weighted by Crippen LogP contribution is 2.41. The fraction of sp³-hybridized carbons (Fsp3) is 0.459. The van der Waals surface area contributed by atoms with E-state index in [1.807, 2.05) is 38.6 Å². The van der Waals surface area contributed by atoms with Gasteiger partial charge in [0, 0.05) is 94.5 Å². The Hall–Kier alpha value is -4.13. The third-order valence-corrected chi connectivity index (χ3v) is 10.5. The van der Waals surface area contributed by atoms with Gasteiger partial charge in [-0.3, -0.25) is 14.9 Å². The number of hydrogen-bond donors (Lipinski definition) is 2. The van der Waals surface area contributed by atoms with Gasteiger partial charge in [0.05, 0.1) is 29.7 Å². The van der Waals surface area contributed by atoms with Gasteiger partial charge in [0.15, 0.2) is 0 Å². The fourth-order valence-corrected chi connectivity index (χ4v) is 7.25. The first-order chi connectivity index (χ1) is 23.7. The number of methoxy groups -OCH3 is 1. The molecule has 4 heterocycles. The summed E-state index contributed by atoms with van der Waals surface area (Å²) >= 11 is 1.60. The average Bonchev–Trinajstić information content (AvgIpc) is 3.11. The summed E-state index contributed by atoms with van der Waals surface area (Å²) in [6.45, 7) is 17.4. The summed E-state index contributed by atoms with van der Waals surface area (Å²) in [6.07, 6.45) is 9.64. The van der Waals surface area contributed by atoms with Crippen molar-refractivity contribution in [1.29, 1.82) is 0 Å². The second-order valence-corrected chi connectivity index (χ2v) is 14.3. The number of piperazine rings is 1. The molecule has 0 bridgehead atoms. The highest BCUT2D eigenvalue weighted by atomic mass is 32.2. The minimum Gasteiger partial charge on any atom is -0.494 e. The van der Waals surface area contributed by atoms with Gasteiger partial charge in [0.25, 0.3) is 0 Å². The second kappa shape index (κ2) is 15.2. The van der Waals surface area contributed by atoms with E-state index in [0.29, 0.717) is 23.7 Å². The van der Waals surface area contributed by atoms with Crippen LogP contribution < -0.4 is 24.6 Å². The van der Waals surface area contributed by atoms with Gasteiger partial charge < -0.3 is 29.5 Å². The molecular weight excluding hydrogens is 633 g/mol. The van der Waals surface area contributed by atoms with Crippen LogP contribution in [-0.2, 0) is 0 Å². The Balaban J connectivity index is 1.28. The van der Waals surface area contributed by atoms with Crippen molar-refractivity contribution in [3.8, 4) is 5.75 Å². The molecule has 2 aromatic heterocycles. The van der Waals surface area contributed by atoms with Crippen molar-refractivity contribution in [2.24, 2.45) is 0 Å². The lowest BCUT2D eigenvalue weighted by Crippen LogP contribution is -2.52. The molecule has 12 heteroatoms. The molecular formula is C37H50N10OS. The Morgan fingerprint density at radius 2 is 1.73 bits per heavy atom. The monoisotopic (exact) mass is 682 g/mol. The second-order valence-electron chi connectivity index (χ2n) is 13.4. The number of benzene rings is 2. The molecule has 2 aromatic carbocycles.